The summed E-state index contributed by atoms with van der Waals surface area (Å²) in [7, 11) is 0. The molecule has 0 aliphatic heterocycles. The Bertz CT molecular complexity index is 430. The monoisotopic (exact) mass is 188 g/mol. The molecular weight excluding hydrogens is 176 g/mol. The van der Waals surface area contributed by atoms with Gasteiger partial charge in [0.1, 0.15) is 5.60 Å². The molecule has 7 fully saturated rings. The largest absolute Gasteiger partial charge is 0.381 e. The van der Waals surface area contributed by atoms with Crippen molar-refractivity contribution < 1.29 is 9.90 Å². The topological polar surface area (TPSA) is 37.3 Å². The number of carbonyl (C=O) groups excluding carboxylic acids is 1. The molecule has 0 aromatic rings. The second-order valence-corrected chi connectivity index (χ2v) is 6.64. The minimum Gasteiger partial charge on any atom is -0.381 e. The minimum absolute atomic E-state index is 0.277. The lowest BCUT2D eigenvalue weighted by atomic mass is 9.59. The lowest BCUT2D eigenvalue weighted by Gasteiger charge is -2.45. The van der Waals surface area contributed by atoms with Crippen molar-refractivity contribution in [2.24, 2.45) is 53.3 Å². The highest BCUT2D eigenvalue weighted by Gasteiger charge is 2.94. The third kappa shape index (κ3) is 0.271. The summed E-state index contributed by atoms with van der Waals surface area (Å²) >= 11 is 0. The van der Waals surface area contributed by atoms with Crippen molar-refractivity contribution in [2.75, 3.05) is 0 Å². The molecule has 2 nitrogen and oxygen atoms in total. The van der Waals surface area contributed by atoms with E-state index in [0.717, 1.165) is 23.7 Å². The zero-order chi connectivity index (χ0) is 8.98. The molecule has 7 aliphatic carbocycles. The van der Waals surface area contributed by atoms with Crippen LogP contribution in [0.2, 0.25) is 0 Å². The van der Waals surface area contributed by atoms with Gasteiger partial charge >= 0.3 is 0 Å². The van der Waals surface area contributed by atoms with Gasteiger partial charge < -0.3 is 5.11 Å². The highest BCUT2D eigenvalue weighted by Crippen LogP contribution is 2.90. The summed E-state index contributed by atoms with van der Waals surface area (Å²) in [5.41, 5.74) is -0.795. The van der Waals surface area contributed by atoms with Crippen LogP contribution in [0.1, 0.15) is 6.42 Å². The van der Waals surface area contributed by atoms with Gasteiger partial charge in [0.2, 0.25) is 0 Å². The Hall–Kier alpha value is -0.370. The van der Waals surface area contributed by atoms with Crippen LogP contribution in [0, 0.1) is 53.3 Å². The van der Waals surface area contributed by atoms with Crippen LogP contribution in [-0.2, 0) is 4.79 Å². The number of hydrogen-bond donors (Lipinski definition) is 1. The fourth-order valence-electron chi connectivity index (χ4n) is 7.53. The lowest BCUT2D eigenvalue weighted by molar-refractivity contribution is -0.138. The number of rotatable bonds is 0. The fraction of sp³-hybridized carbons (Fsp3) is 0.917. The van der Waals surface area contributed by atoms with E-state index in [-0.39, 0.29) is 5.78 Å². The summed E-state index contributed by atoms with van der Waals surface area (Å²) in [6.07, 6.45) is 1.36. The minimum atomic E-state index is -0.795. The molecule has 4 bridgehead atoms. The molecule has 6 unspecified atom stereocenters. The SMILES string of the molecule is O=C1[C@@H]2C3C4C5C3[C@@]1(O)C1C2[C@H]4C[C@H]51. The molecule has 0 saturated heterocycles. The zero-order valence-corrected chi connectivity index (χ0v) is 7.76. The first-order chi connectivity index (χ1) is 6.76. The number of Topliss-reactive ketones (excluding diaryl/α,β-unsaturated/α-hetero) is 1. The van der Waals surface area contributed by atoms with Gasteiger partial charge in [-0.3, -0.25) is 4.79 Å². The molecule has 0 heterocycles. The molecule has 7 saturated carbocycles. The fourth-order valence-corrected chi connectivity index (χ4v) is 7.53. The van der Waals surface area contributed by atoms with Crippen LogP contribution in [0.25, 0.3) is 0 Å². The smallest absolute Gasteiger partial charge is 0.168 e. The van der Waals surface area contributed by atoms with Crippen LogP contribution in [0.15, 0.2) is 0 Å². The van der Waals surface area contributed by atoms with Crippen LogP contribution in [0.3, 0.4) is 0 Å². The maximum absolute atomic E-state index is 12.1. The Balaban J connectivity index is 1.85. The van der Waals surface area contributed by atoms with Gasteiger partial charge in [0.25, 0.3) is 0 Å². The molecule has 72 valence electrons. The summed E-state index contributed by atoms with van der Waals surface area (Å²) in [6, 6.07) is 0. The Labute approximate surface area is 81.7 Å². The molecular formula is C12H12O2. The van der Waals surface area contributed by atoms with Gasteiger partial charge in [-0.15, -0.1) is 0 Å². The van der Waals surface area contributed by atoms with Gasteiger partial charge in [-0.05, 0) is 41.9 Å². The Morgan fingerprint density at radius 3 is 2.79 bits per heavy atom. The van der Waals surface area contributed by atoms with Crippen molar-refractivity contribution >= 4 is 5.78 Å². The van der Waals surface area contributed by atoms with Crippen LogP contribution in [0.4, 0.5) is 0 Å². The quantitative estimate of drug-likeness (QED) is 0.594. The average molecular weight is 188 g/mol. The van der Waals surface area contributed by atoms with E-state index >= 15 is 0 Å². The Kier molecular flexibility index (Phi) is 0.570. The number of carbonyl (C=O) groups is 1. The average Bonchev–Trinajstić information content (AvgIpc) is 2.68. The predicted octanol–water partition coefficient (Wildman–Crippen LogP) is 0.304. The standard InChI is InChI=1S/C12H12O2/c13-11-8-5-2-1-3-6-4(2)7(8)10(6)12(11,14)9(3)5/h2-10,14H,1H2/t2-,3+,4?,5?,6?,7?,8-,9?,10?,12-/m0/s1. The van der Waals surface area contributed by atoms with Crippen molar-refractivity contribution in [1.29, 1.82) is 0 Å². The van der Waals surface area contributed by atoms with Gasteiger partial charge in [-0.25, -0.2) is 0 Å². The molecule has 7 rings (SSSR count). The number of ketones is 1. The van der Waals surface area contributed by atoms with Crippen molar-refractivity contribution in [3.63, 3.8) is 0 Å². The first-order valence-corrected chi connectivity index (χ1v) is 6.03. The summed E-state index contributed by atoms with van der Waals surface area (Å²) in [4.78, 5) is 12.1. The van der Waals surface area contributed by atoms with Gasteiger partial charge in [0.05, 0.1) is 0 Å². The van der Waals surface area contributed by atoms with Gasteiger partial charge in [0, 0.05) is 17.8 Å². The van der Waals surface area contributed by atoms with Gasteiger partial charge in [0.15, 0.2) is 5.78 Å². The Morgan fingerprint density at radius 1 is 1.07 bits per heavy atom. The summed E-state index contributed by atoms with van der Waals surface area (Å²) in [5.74, 6) is 6.05. The van der Waals surface area contributed by atoms with E-state index in [0.29, 0.717) is 29.6 Å². The maximum Gasteiger partial charge on any atom is 0.168 e. The Morgan fingerprint density at radius 2 is 1.93 bits per heavy atom. The number of aliphatic hydroxyl groups is 1. The maximum atomic E-state index is 12.1. The van der Waals surface area contributed by atoms with E-state index in [2.05, 4.69) is 0 Å². The molecule has 0 amide bonds. The first kappa shape index (κ1) is 6.26. The molecule has 10 atom stereocenters. The van der Waals surface area contributed by atoms with Crippen LogP contribution < -0.4 is 0 Å². The van der Waals surface area contributed by atoms with E-state index in [1.807, 2.05) is 0 Å². The van der Waals surface area contributed by atoms with E-state index in [4.69, 9.17) is 0 Å². The van der Waals surface area contributed by atoms with Crippen molar-refractivity contribution in [3.8, 4) is 0 Å². The van der Waals surface area contributed by atoms with Crippen molar-refractivity contribution in [2.45, 2.75) is 12.0 Å². The van der Waals surface area contributed by atoms with Gasteiger partial charge in [-0.2, -0.15) is 0 Å². The molecule has 1 N–H and O–H groups in total. The van der Waals surface area contributed by atoms with Crippen LogP contribution >= 0.6 is 0 Å². The normalized spacial score (nSPS) is 87.8. The van der Waals surface area contributed by atoms with E-state index in [1.54, 1.807) is 0 Å². The number of hydrogen-bond acceptors (Lipinski definition) is 2. The lowest BCUT2D eigenvalue weighted by Crippen LogP contribution is -2.48. The third-order valence-corrected chi connectivity index (χ3v) is 7.16. The molecule has 2 heteroatoms. The highest BCUT2D eigenvalue weighted by atomic mass is 16.3. The van der Waals surface area contributed by atoms with Crippen LogP contribution in [0.5, 0.6) is 0 Å². The highest BCUT2D eigenvalue weighted by molar-refractivity contribution is 5.98. The molecule has 0 spiro atoms. The van der Waals surface area contributed by atoms with E-state index in [9.17, 15) is 9.90 Å². The van der Waals surface area contributed by atoms with Crippen molar-refractivity contribution in [1.82, 2.24) is 0 Å². The molecule has 0 aromatic heterocycles. The second-order valence-electron chi connectivity index (χ2n) is 6.64. The van der Waals surface area contributed by atoms with Gasteiger partial charge in [-0.1, -0.05) is 0 Å². The van der Waals surface area contributed by atoms with Crippen molar-refractivity contribution in [3.05, 3.63) is 0 Å². The van der Waals surface area contributed by atoms with E-state index in [1.165, 1.54) is 6.42 Å². The van der Waals surface area contributed by atoms with Crippen LogP contribution in [-0.4, -0.2) is 16.5 Å². The molecule has 0 aromatic carbocycles. The predicted molar refractivity (Wildman–Crippen MR) is 46.0 cm³/mol. The molecule has 0 radical (unpaired) electrons. The summed E-state index contributed by atoms with van der Waals surface area (Å²) < 4.78 is 0. The third-order valence-electron chi connectivity index (χ3n) is 7.16. The zero-order valence-electron chi connectivity index (χ0n) is 7.76. The second kappa shape index (κ2) is 1.27. The summed E-state index contributed by atoms with van der Waals surface area (Å²) in [5, 5.41) is 10.7. The first-order valence-electron chi connectivity index (χ1n) is 6.03. The molecule has 7 aliphatic rings. The van der Waals surface area contributed by atoms with E-state index < -0.39 is 5.60 Å². The summed E-state index contributed by atoms with van der Waals surface area (Å²) in [6.45, 7) is 0. The molecule has 14 heavy (non-hydrogen) atoms.